The summed E-state index contributed by atoms with van der Waals surface area (Å²) in [6.45, 7) is 0.958. The van der Waals surface area contributed by atoms with Crippen LogP contribution in [0.2, 0.25) is 10.0 Å². The van der Waals surface area contributed by atoms with E-state index in [1.807, 2.05) is 35.9 Å². The van der Waals surface area contributed by atoms with E-state index in [2.05, 4.69) is 10.2 Å². The van der Waals surface area contributed by atoms with Gasteiger partial charge < -0.3 is 13.9 Å². The van der Waals surface area contributed by atoms with Gasteiger partial charge in [0.1, 0.15) is 5.69 Å². The topological polar surface area (TPSA) is 81.2 Å². The molecule has 0 bridgehead atoms. The predicted molar refractivity (Wildman–Crippen MR) is 126 cm³/mol. The molecule has 0 atom stereocenters. The molecule has 0 radical (unpaired) electrons. The van der Waals surface area contributed by atoms with E-state index < -0.39 is 0 Å². The predicted octanol–water partition coefficient (Wildman–Crippen LogP) is 5.27. The van der Waals surface area contributed by atoms with Gasteiger partial charge in [-0.25, -0.2) is 0 Å². The number of rotatable bonds is 4. The van der Waals surface area contributed by atoms with Gasteiger partial charge in [0, 0.05) is 52.6 Å². The zero-order chi connectivity index (χ0) is 23.1. The van der Waals surface area contributed by atoms with Gasteiger partial charge in [-0.3, -0.25) is 9.59 Å². The summed E-state index contributed by atoms with van der Waals surface area (Å²) in [5, 5.41) is 10.0. The summed E-state index contributed by atoms with van der Waals surface area (Å²) < 4.78 is 7.49. The van der Waals surface area contributed by atoms with E-state index in [0.29, 0.717) is 47.2 Å². The van der Waals surface area contributed by atoms with Crippen molar-refractivity contribution in [1.82, 2.24) is 19.7 Å². The highest BCUT2D eigenvalue weighted by Crippen LogP contribution is 2.27. The molecule has 3 heterocycles. The lowest BCUT2D eigenvalue weighted by Crippen LogP contribution is -2.41. The molecule has 1 saturated heterocycles. The second kappa shape index (κ2) is 8.65. The Labute approximate surface area is 199 Å². The van der Waals surface area contributed by atoms with Crippen molar-refractivity contribution in [1.29, 1.82) is 0 Å². The van der Waals surface area contributed by atoms with E-state index in [0.717, 1.165) is 10.9 Å². The number of likely N-dealkylation sites (tertiary alicyclic amines) is 1. The third-order valence-electron chi connectivity index (χ3n) is 6.08. The summed E-state index contributed by atoms with van der Waals surface area (Å²) in [5.74, 6) is -0.281. The molecule has 168 valence electrons. The smallest absolute Gasteiger partial charge is 0.284 e. The molecule has 1 amide bonds. The Bertz CT molecular complexity index is 1370. The van der Waals surface area contributed by atoms with Crippen molar-refractivity contribution >= 4 is 45.8 Å². The van der Waals surface area contributed by atoms with Crippen LogP contribution in [-0.4, -0.2) is 44.4 Å². The van der Waals surface area contributed by atoms with Crippen molar-refractivity contribution in [2.45, 2.75) is 12.8 Å². The van der Waals surface area contributed by atoms with Crippen molar-refractivity contribution in [3.8, 4) is 11.5 Å². The maximum Gasteiger partial charge on any atom is 0.284 e. The number of Topliss-reactive ketones (excluding diaryl/α,β-unsaturated/α-hetero) is 1. The first kappa shape index (κ1) is 21.7. The Morgan fingerprint density at radius 1 is 1.00 bits per heavy atom. The largest absolute Gasteiger partial charge is 0.414 e. The molecule has 1 fully saturated rings. The van der Waals surface area contributed by atoms with Crippen molar-refractivity contribution in [2.24, 2.45) is 13.0 Å². The van der Waals surface area contributed by atoms with E-state index in [-0.39, 0.29) is 29.4 Å². The molecule has 0 aliphatic carbocycles. The molecule has 4 aromatic rings. The maximum atomic E-state index is 13.1. The van der Waals surface area contributed by atoms with E-state index >= 15 is 0 Å². The van der Waals surface area contributed by atoms with Gasteiger partial charge in [0.05, 0.1) is 0 Å². The van der Waals surface area contributed by atoms with Gasteiger partial charge >= 0.3 is 0 Å². The van der Waals surface area contributed by atoms with Crippen LogP contribution in [0.4, 0.5) is 0 Å². The summed E-state index contributed by atoms with van der Waals surface area (Å²) in [5.41, 5.74) is 2.20. The van der Waals surface area contributed by atoms with Crippen molar-refractivity contribution in [3.63, 3.8) is 0 Å². The van der Waals surface area contributed by atoms with Crippen LogP contribution in [0.5, 0.6) is 0 Å². The van der Waals surface area contributed by atoms with Crippen LogP contribution in [0, 0.1) is 5.92 Å². The molecule has 1 aliphatic rings. The second-order valence-electron chi connectivity index (χ2n) is 8.15. The van der Waals surface area contributed by atoms with Gasteiger partial charge in [-0.2, -0.15) is 0 Å². The number of hydrogen-bond donors (Lipinski definition) is 0. The first-order chi connectivity index (χ1) is 15.9. The van der Waals surface area contributed by atoms with Gasteiger partial charge in [-0.15, -0.1) is 10.2 Å². The third kappa shape index (κ3) is 4.14. The molecular formula is C24H20Cl2N4O3. The average molecular weight is 483 g/mol. The average Bonchev–Trinajstić information content (AvgIpc) is 3.43. The van der Waals surface area contributed by atoms with Crippen LogP contribution < -0.4 is 0 Å². The van der Waals surface area contributed by atoms with E-state index in [9.17, 15) is 9.59 Å². The normalized spacial score (nSPS) is 14.7. The minimum absolute atomic E-state index is 0.0136. The number of ketones is 1. The van der Waals surface area contributed by atoms with Gasteiger partial charge in [0.2, 0.25) is 11.7 Å². The van der Waals surface area contributed by atoms with Crippen LogP contribution in [0.25, 0.3) is 22.4 Å². The fourth-order valence-corrected chi connectivity index (χ4v) is 4.64. The lowest BCUT2D eigenvalue weighted by molar-refractivity contribution is 0.0634. The first-order valence-corrected chi connectivity index (χ1v) is 11.3. The number of nitrogens with zero attached hydrogens (tertiary/aromatic N) is 4. The zero-order valence-electron chi connectivity index (χ0n) is 17.8. The molecule has 7 nitrogen and oxygen atoms in total. The SMILES string of the molecule is Cn1c(C(=O)N2CCC(C(=O)c3nnc(-c4cccc(Cl)c4)o3)CC2)cc2cc(Cl)ccc21. The lowest BCUT2D eigenvalue weighted by Gasteiger charge is -2.30. The van der Waals surface area contributed by atoms with Crippen molar-refractivity contribution in [3.05, 3.63) is 70.2 Å². The lowest BCUT2D eigenvalue weighted by atomic mass is 9.92. The Balaban J connectivity index is 1.26. The highest BCUT2D eigenvalue weighted by atomic mass is 35.5. The molecule has 9 heteroatoms. The first-order valence-electron chi connectivity index (χ1n) is 10.6. The van der Waals surface area contributed by atoms with Crippen LogP contribution in [0.1, 0.15) is 34.0 Å². The summed E-state index contributed by atoms with van der Waals surface area (Å²) in [7, 11) is 1.87. The van der Waals surface area contributed by atoms with E-state index in [4.69, 9.17) is 27.6 Å². The number of aromatic nitrogens is 3. The van der Waals surface area contributed by atoms with Crippen LogP contribution >= 0.6 is 23.2 Å². The quantitative estimate of drug-likeness (QED) is 0.370. The third-order valence-corrected chi connectivity index (χ3v) is 6.55. The number of amides is 1. The standard InChI is InChI=1S/C24H20Cl2N4O3/c1-29-19-6-5-18(26)12-16(19)13-20(29)24(32)30-9-7-14(8-10-30)21(31)23-28-27-22(33-23)15-3-2-4-17(25)11-15/h2-6,11-14H,7-10H2,1H3. The van der Waals surface area contributed by atoms with Crippen LogP contribution in [0.15, 0.2) is 52.9 Å². The monoisotopic (exact) mass is 482 g/mol. The zero-order valence-corrected chi connectivity index (χ0v) is 19.3. The molecule has 0 spiro atoms. The molecular weight excluding hydrogens is 463 g/mol. The Hall–Kier alpha value is -3.16. The molecule has 1 aliphatic heterocycles. The fourth-order valence-electron chi connectivity index (χ4n) is 4.27. The van der Waals surface area contributed by atoms with Crippen molar-refractivity contribution < 1.29 is 14.0 Å². The van der Waals surface area contributed by atoms with Crippen LogP contribution in [0.3, 0.4) is 0 Å². The Morgan fingerprint density at radius 2 is 1.76 bits per heavy atom. The number of piperidine rings is 1. The number of hydrogen-bond acceptors (Lipinski definition) is 5. The Kier molecular flexibility index (Phi) is 5.68. The number of benzene rings is 2. The van der Waals surface area contributed by atoms with Gasteiger partial charge in [-0.1, -0.05) is 29.3 Å². The number of carbonyl (C=O) groups excluding carboxylic acids is 2. The minimum atomic E-state index is -0.270. The Morgan fingerprint density at radius 3 is 2.52 bits per heavy atom. The van der Waals surface area contributed by atoms with E-state index in [1.54, 1.807) is 29.2 Å². The molecule has 33 heavy (non-hydrogen) atoms. The summed E-state index contributed by atoms with van der Waals surface area (Å²) in [6, 6.07) is 14.4. The van der Waals surface area contributed by atoms with Gasteiger partial charge in [-0.05, 0) is 55.3 Å². The minimum Gasteiger partial charge on any atom is -0.414 e. The molecule has 0 saturated carbocycles. The summed E-state index contributed by atoms with van der Waals surface area (Å²) in [6.07, 6.45) is 1.07. The van der Waals surface area contributed by atoms with Gasteiger partial charge in [0.25, 0.3) is 11.8 Å². The van der Waals surface area contributed by atoms with Crippen LogP contribution in [-0.2, 0) is 7.05 Å². The number of fused-ring (bicyclic) bond motifs is 1. The highest BCUT2D eigenvalue weighted by molar-refractivity contribution is 6.31. The molecule has 0 unspecified atom stereocenters. The number of halogens is 2. The highest BCUT2D eigenvalue weighted by Gasteiger charge is 2.32. The second-order valence-corrected chi connectivity index (χ2v) is 9.02. The maximum absolute atomic E-state index is 13.1. The summed E-state index contributed by atoms with van der Waals surface area (Å²) >= 11 is 12.1. The van der Waals surface area contributed by atoms with Crippen molar-refractivity contribution in [2.75, 3.05) is 13.1 Å². The fraction of sp³-hybridized carbons (Fsp3) is 0.250. The van der Waals surface area contributed by atoms with E-state index in [1.165, 1.54) is 0 Å². The molecule has 5 rings (SSSR count). The van der Waals surface area contributed by atoms with Gasteiger partial charge in [0.15, 0.2) is 0 Å². The molecule has 0 N–H and O–H groups in total. The number of carbonyl (C=O) groups is 2. The number of aryl methyl sites for hydroxylation is 1. The summed E-state index contributed by atoms with van der Waals surface area (Å²) in [4.78, 5) is 27.8. The molecule has 2 aromatic carbocycles. The molecule has 2 aromatic heterocycles.